The third-order valence-corrected chi connectivity index (χ3v) is 2.47. The third kappa shape index (κ3) is 3.10. The summed E-state index contributed by atoms with van der Waals surface area (Å²) in [4.78, 5) is 11.3. The largest absolute Gasteiger partial charge is 0.504 e. The van der Waals surface area contributed by atoms with Crippen LogP contribution in [0.3, 0.4) is 0 Å². The molecule has 0 aliphatic heterocycles. The van der Waals surface area contributed by atoms with Gasteiger partial charge in [-0.15, -0.1) is 0 Å². The van der Waals surface area contributed by atoms with Gasteiger partial charge in [0.1, 0.15) is 6.04 Å². The minimum Gasteiger partial charge on any atom is -0.504 e. The Morgan fingerprint density at radius 1 is 1.41 bits per heavy atom. The topological polar surface area (TPSA) is 92.8 Å². The van der Waals surface area contributed by atoms with Crippen molar-refractivity contribution >= 4 is 5.97 Å². The van der Waals surface area contributed by atoms with Crippen molar-refractivity contribution in [3.63, 3.8) is 0 Å². The summed E-state index contributed by atoms with van der Waals surface area (Å²) in [5.41, 5.74) is 6.62. The van der Waals surface area contributed by atoms with Crippen LogP contribution in [0, 0.1) is 6.92 Å². The van der Waals surface area contributed by atoms with Crippen LogP contribution in [0.1, 0.15) is 18.1 Å². The van der Waals surface area contributed by atoms with Crippen molar-refractivity contribution in [2.75, 3.05) is 6.61 Å². The lowest BCUT2D eigenvalue weighted by Gasteiger charge is -2.13. The lowest BCUT2D eigenvalue weighted by molar-refractivity contribution is -0.144. The Labute approximate surface area is 99.8 Å². The molecule has 0 bridgehead atoms. The minimum atomic E-state index is -0.844. The number of rotatable bonds is 4. The van der Waals surface area contributed by atoms with E-state index < -0.39 is 12.0 Å². The van der Waals surface area contributed by atoms with Gasteiger partial charge in [0.25, 0.3) is 0 Å². The van der Waals surface area contributed by atoms with E-state index in [1.807, 2.05) is 0 Å². The first-order valence-electron chi connectivity index (χ1n) is 5.40. The number of phenols is 2. The summed E-state index contributed by atoms with van der Waals surface area (Å²) >= 11 is 0. The van der Waals surface area contributed by atoms with Crippen molar-refractivity contribution in [1.29, 1.82) is 0 Å². The number of esters is 1. The van der Waals surface area contributed by atoms with Crippen LogP contribution in [0.2, 0.25) is 0 Å². The Bertz CT molecular complexity index is 417. The molecule has 0 saturated carbocycles. The van der Waals surface area contributed by atoms with E-state index in [1.165, 1.54) is 0 Å². The summed E-state index contributed by atoms with van der Waals surface area (Å²) in [7, 11) is 0. The highest BCUT2D eigenvalue weighted by Gasteiger charge is 2.18. The predicted octanol–water partition coefficient (Wildman–Crippen LogP) is 0.839. The van der Waals surface area contributed by atoms with Crippen LogP contribution in [0.5, 0.6) is 11.5 Å². The van der Waals surface area contributed by atoms with E-state index in [2.05, 4.69) is 0 Å². The van der Waals surface area contributed by atoms with Crippen LogP contribution in [0.4, 0.5) is 0 Å². The molecule has 0 aliphatic rings. The van der Waals surface area contributed by atoms with E-state index in [9.17, 15) is 15.0 Å². The molecule has 0 amide bonds. The quantitative estimate of drug-likeness (QED) is 0.535. The fraction of sp³-hybridized carbons (Fsp3) is 0.417. The van der Waals surface area contributed by atoms with Crippen LogP contribution >= 0.6 is 0 Å². The number of hydrogen-bond donors (Lipinski definition) is 3. The average Bonchev–Trinajstić information content (AvgIpc) is 2.30. The van der Waals surface area contributed by atoms with E-state index in [-0.39, 0.29) is 24.5 Å². The molecule has 0 heterocycles. The molecule has 5 nitrogen and oxygen atoms in total. The molecular weight excluding hydrogens is 222 g/mol. The van der Waals surface area contributed by atoms with Gasteiger partial charge in [0, 0.05) is 6.42 Å². The lowest BCUT2D eigenvalue weighted by Crippen LogP contribution is -2.34. The van der Waals surface area contributed by atoms with Crippen LogP contribution in [0.25, 0.3) is 0 Å². The van der Waals surface area contributed by atoms with Gasteiger partial charge in [0.2, 0.25) is 0 Å². The van der Waals surface area contributed by atoms with Gasteiger partial charge in [0.15, 0.2) is 11.5 Å². The van der Waals surface area contributed by atoms with Crippen molar-refractivity contribution in [2.45, 2.75) is 26.3 Å². The molecule has 17 heavy (non-hydrogen) atoms. The van der Waals surface area contributed by atoms with Crippen LogP contribution in [-0.4, -0.2) is 28.8 Å². The molecule has 0 aromatic heterocycles. The second kappa shape index (κ2) is 5.54. The van der Waals surface area contributed by atoms with Gasteiger partial charge < -0.3 is 20.7 Å². The van der Waals surface area contributed by atoms with Crippen LogP contribution in [0.15, 0.2) is 12.1 Å². The molecule has 94 valence electrons. The normalized spacial score (nSPS) is 12.2. The standard InChI is InChI=1S/C12H17NO4/c1-3-17-12(16)9(13)6-8-5-4-7(2)10(14)11(8)15/h4-5,9,14-15H,3,6,13H2,1-2H3/t9-/m0/s1. The van der Waals surface area contributed by atoms with Crippen LogP contribution in [-0.2, 0) is 16.0 Å². The van der Waals surface area contributed by atoms with Gasteiger partial charge in [-0.2, -0.15) is 0 Å². The van der Waals surface area contributed by atoms with E-state index in [4.69, 9.17) is 10.5 Å². The summed E-state index contributed by atoms with van der Waals surface area (Å²) in [6.45, 7) is 3.63. The number of aromatic hydroxyl groups is 2. The van der Waals surface area contributed by atoms with Crippen molar-refractivity contribution in [3.8, 4) is 11.5 Å². The molecule has 0 unspecified atom stereocenters. The molecule has 5 heteroatoms. The number of aryl methyl sites for hydroxylation is 1. The Morgan fingerprint density at radius 2 is 2.06 bits per heavy atom. The van der Waals surface area contributed by atoms with Crippen LogP contribution < -0.4 is 5.73 Å². The number of ether oxygens (including phenoxy) is 1. The van der Waals surface area contributed by atoms with Crippen molar-refractivity contribution < 1.29 is 19.7 Å². The first kappa shape index (κ1) is 13.3. The highest BCUT2D eigenvalue weighted by Crippen LogP contribution is 2.32. The first-order chi connectivity index (χ1) is 7.97. The van der Waals surface area contributed by atoms with E-state index in [0.29, 0.717) is 11.1 Å². The summed E-state index contributed by atoms with van der Waals surface area (Å²) in [5, 5.41) is 19.2. The number of carbonyl (C=O) groups is 1. The maximum absolute atomic E-state index is 11.3. The molecule has 1 rings (SSSR count). The summed E-state index contributed by atoms with van der Waals surface area (Å²) in [6, 6.07) is 2.44. The second-order valence-electron chi connectivity index (χ2n) is 3.80. The minimum absolute atomic E-state index is 0.124. The van der Waals surface area contributed by atoms with Gasteiger partial charge >= 0.3 is 5.97 Å². The van der Waals surface area contributed by atoms with Gasteiger partial charge in [-0.1, -0.05) is 12.1 Å². The van der Waals surface area contributed by atoms with Gasteiger partial charge in [-0.3, -0.25) is 4.79 Å². The van der Waals surface area contributed by atoms with E-state index in [1.54, 1.807) is 26.0 Å². The van der Waals surface area contributed by atoms with Gasteiger partial charge in [0.05, 0.1) is 6.61 Å². The van der Waals surface area contributed by atoms with Gasteiger partial charge in [-0.05, 0) is 25.0 Å². The fourth-order valence-electron chi connectivity index (χ4n) is 1.46. The monoisotopic (exact) mass is 239 g/mol. The second-order valence-corrected chi connectivity index (χ2v) is 3.80. The third-order valence-electron chi connectivity index (χ3n) is 2.47. The maximum atomic E-state index is 11.3. The maximum Gasteiger partial charge on any atom is 0.323 e. The SMILES string of the molecule is CCOC(=O)[C@@H](N)Cc1ccc(C)c(O)c1O. The van der Waals surface area contributed by atoms with Crippen molar-refractivity contribution in [2.24, 2.45) is 5.73 Å². The zero-order valence-corrected chi connectivity index (χ0v) is 9.93. The Hall–Kier alpha value is -1.75. The number of carbonyl (C=O) groups excluding carboxylic acids is 1. The molecule has 0 spiro atoms. The zero-order chi connectivity index (χ0) is 13.0. The van der Waals surface area contributed by atoms with Crippen molar-refractivity contribution in [3.05, 3.63) is 23.3 Å². The first-order valence-corrected chi connectivity index (χ1v) is 5.40. The summed E-state index contributed by atoms with van der Waals surface area (Å²) < 4.78 is 4.76. The molecule has 0 radical (unpaired) electrons. The molecular formula is C12H17NO4. The summed E-state index contributed by atoms with van der Waals surface area (Å²) in [6.07, 6.45) is 0.124. The fourth-order valence-corrected chi connectivity index (χ4v) is 1.46. The highest BCUT2D eigenvalue weighted by molar-refractivity contribution is 5.76. The number of phenolic OH excluding ortho intramolecular Hbond substituents is 2. The predicted molar refractivity (Wildman–Crippen MR) is 62.8 cm³/mol. The zero-order valence-electron chi connectivity index (χ0n) is 9.93. The molecule has 1 aromatic rings. The molecule has 1 aromatic carbocycles. The number of hydrogen-bond acceptors (Lipinski definition) is 5. The molecule has 1 atom stereocenters. The van der Waals surface area contributed by atoms with Gasteiger partial charge in [-0.25, -0.2) is 0 Å². The molecule has 0 saturated heterocycles. The van der Waals surface area contributed by atoms with E-state index in [0.717, 1.165) is 0 Å². The van der Waals surface area contributed by atoms with E-state index >= 15 is 0 Å². The Kier molecular flexibility index (Phi) is 4.34. The summed E-state index contributed by atoms with van der Waals surface area (Å²) in [5.74, 6) is -0.935. The molecule has 4 N–H and O–H groups in total. The number of nitrogens with two attached hydrogens (primary N) is 1. The lowest BCUT2D eigenvalue weighted by atomic mass is 10.0. The number of benzene rings is 1. The molecule has 0 aliphatic carbocycles. The Balaban J connectivity index is 2.82. The average molecular weight is 239 g/mol. The van der Waals surface area contributed by atoms with Crippen molar-refractivity contribution in [1.82, 2.24) is 0 Å². The smallest absolute Gasteiger partial charge is 0.323 e. The highest BCUT2D eigenvalue weighted by atomic mass is 16.5. The Morgan fingerprint density at radius 3 is 2.65 bits per heavy atom. The molecule has 0 fully saturated rings.